The van der Waals surface area contributed by atoms with Crippen molar-refractivity contribution in [3.8, 4) is 0 Å². The lowest BCUT2D eigenvalue weighted by atomic mass is 9.85. The van der Waals surface area contributed by atoms with E-state index in [1.807, 2.05) is 12.1 Å². The van der Waals surface area contributed by atoms with Crippen LogP contribution in [0, 0.1) is 11.2 Å². The second kappa shape index (κ2) is 5.83. The minimum atomic E-state index is -0.157. The van der Waals surface area contributed by atoms with Crippen LogP contribution in [-0.4, -0.2) is 6.04 Å². The molecule has 2 rings (SSSR count). The summed E-state index contributed by atoms with van der Waals surface area (Å²) in [4.78, 5) is 0. The molecule has 1 nitrogen and oxygen atoms in total. The zero-order valence-electron chi connectivity index (χ0n) is 11.5. The Kier molecular flexibility index (Phi) is 4.39. The quantitative estimate of drug-likeness (QED) is 0.789. The normalized spacial score (nSPS) is 23.6. The maximum absolute atomic E-state index is 12.8. The highest BCUT2D eigenvalue weighted by Gasteiger charge is 2.23. The number of halogens is 1. The van der Waals surface area contributed by atoms with Crippen LogP contribution in [0.1, 0.15) is 51.5 Å². The highest BCUT2D eigenvalue weighted by atomic mass is 19.1. The lowest BCUT2D eigenvalue weighted by Gasteiger charge is -2.22. The van der Waals surface area contributed by atoms with E-state index in [2.05, 4.69) is 19.2 Å². The Labute approximate surface area is 110 Å². The Morgan fingerprint density at radius 3 is 2.61 bits per heavy atom. The first-order valence-electron chi connectivity index (χ1n) is 7.03. The summed E-state index contributed by atoms with van der Waals surface area (Å²) < 4.78 is 12.8. The molecule has 1 aliphatic rings. The van der Waals surface area contributed by atoms with Crippen molar-refractivity contribution >= 4 is 0 Å². The van der Waals surface area contributed by atoms with Crippen LogP contribution in [0.15, 0.2) is 24.3 Å². The van der Waals surface area contributed by atoms with Gasteiger partial charge in [-0.05, 0) is 48.8 Å². The Morgan fingerprint density at radius 1 is 1.17 bits per heavy atom. The molecule has 18 heavy (non-hydrogen) atoms. The molecule has 1 saturated carbocycles. The second-order valence-electron chi connectivity index (χ2n) is 6.30. The lowest BCUT2D eigenvalue weighted by molar-refractivity contribution is 0.309. The van der Waals surface area contributed by atoms with Crippen LogP contribution in [0.3, 0.4) is 0 Å². The van der Waals surface area contributed by atoms with E-state index >= 15 is 0 Å². The first-order valence-corrected chi connectivity index (χ1v) is 7.03. The van der Waals surface area contributed by atoms with Gasteiger partial charge in [0.1, 0.15) is 5.82 Å². The molecule has 0 amide bonds. The maximum atomic E-state index is 12.8. The van der Waals surface area contributed by atoms with E-state index in [4.69, 9.17) is 0 Å². The van der Waals surface area contributed by atoms with Gasteiger partial charge in [0.05, 0.1) is 0 Å². The van der Waals surface area contributed by atoms with Crippen LogP contribution in [-0.2, 0) is 6.54 Å². The van der Waals surface area contributed by atoms with Crippen molar-refractivity contribution < 1.29 is 4.39 Å². The molecule has 2 heteroatoms. The molecule has 1 aromatic rings. The molecule has 1 fully saturated rings. The molecule has 0 saturated heterocycles. The van der Waals surface area contributed by atoms with E-state index in [1.165, 1.54) is 49.8 Å². The van der Waals surface area contributed by atoms with Gasteiger partial charge in [0.25, 0.3) is 0 Å². The first kappa shape index (κ1) is 13.5. The second-order valence-corrected chi connectivity index (χ2v) is 6.30. The molecular formula is C16H24FN. The number of hydrogen-bond acceptors (Lipinski definition) is 1. The molecule has 1 atom stereocenters. The molecule has 1 unspecified atom stereocenters. The average Bonchev–Trinajstić information content (AvgIpc) is 2.50. The van der Waals surface area contributed by atoms with E-state index in [9.17, 15) is 4.39 Å². The molecular weight excluding hydrogens is 225 g/mol. The molecule has 0 heterocycles. The number of hydrogen-bond donors (Lipinski definition) is 1. The van der Waals surface area contributed by atoms with Crippen molar-refractivity contribution in [1.29, 1.82) is 0 Å². The molecule has 100 valence electrons. The monoisotopic (exact) mass is 249 g/mol. The third kappa shape index (κ3) is 4.09. The topological polar surface area (TPSA) is 12.0 Å². The van der Waals surface area contributed by atoms with Crippen molar-refractivity contribution in [2.75, 3.05) is 0 Å². The van der Waals surface area contributed by atoms with Crippen LogP contribution >= 0.6 is 0 Å². The molecule has 0 aromatic heterocycles. The van der Waals surface area contributed by atoms with Gasteiger partial charge in [0, 0.05) is 12.6 Å². The highest BCUT2D eigenvalue weighted by Crippen LogP contribution is 2.33. The minimum Gasteiger partial charge on any atom is -0.310 e. The Bertz CT molecular complexity index is 369. The number of nitrogens with one attached hydrogen (secondary N) is 1. The summed E-state index contributed by atoms with van der Waals surface area (Å²) in [5.74, 6) is -0.157. The molecule has 0 aliphatic heterocycles. The van der Waals surface area contributed by atoms with Gasteiger partial charge in [0.15, 0.2) is 0 Å². The number of benzene rings is 1. The molecule has 0 bridgehead atoms. The summed E-state index contributed by atoms with van der Waals surface area (Å²) >= 11 is 0. The summed E-state index contributed by atoms with van der Waals surface area (Å²) in [6, 6.07) is 7.42. The minimum absolute atomic E-state index is 0.157. The van der Waals surface area contributed by atoms with E-state index in [0.717, 1.165) is 6.54 Å². The molecule has 1 aliphatic carbocycles. The average molecular weight is 249 g/mol. The van der Waals surface area contributed by atoms with Crippen LogP contribution in [0.2, 0.25) is 0 Å². The molecule has 1 aromatic carbocycles. The lowest BCUT2D eigenvalue weighted by Crippen LogP contribution is -2.28. The van der Waals surface area contributed by atoms with Gasteiger partial charge in [-0.3, -0.25) is 0 Å². The fraction of sp³-hybridized carbons (Fsp3) is 0.625. The van der Waals surface area contributed by atoms with Crippen LogP contribution in [0.4, 0.5) is 4.39 Å². The first-order chi connectivity index (χ1) is 8.55. The predicted molar refractivity (Wildman–Crippen MR) is 73.9 cm³/mol. The van der Waals surface area contributed by atoms with E-state index in [0.29, 0.717) is 11.5 Å². The van der Waals surface area contributed by atoms with Gasteiger partial charge in [-0.1, -0.05) is 32.4 Å². The van der Waals surface area contributed by atoms with E-state index in [-0.39, 0.29) is 5.82 Å². The van der Waals surface area contributed by atoms with Crippen molar-refractivity contribution in [3.05, 3.63) is 35.6 Å². The summed E-state index contributed by atoms with van der Waals surface area (Å²) in [7, 11) is 0. The third-order valence-corrected chi connectivity index (χ3v) is 4.08. The van der Waals surface area contributed by atoms with Crippen molar-refractivity contribution in [3.63, 3.8) is 0 Å². The van der Waals surface area contributed by atoms with Gasteiger partial charge in [0.2, 0.25) is 0 Å². The largest absolute Gasteiger partial charge is 0.310 e. The van der Waals surface area contributed by atoms with Crippen molar-refractivity contribution in [2.24, 2.45) is 5.41 Å². The SMILES string of the molecule is CC1(C)CCCC(NCc2ccc(F)cc2)CC1. The maximum Gasteiger partial charge on any atom is 0.123 e. The van der Waals surface area contributed by atoms with Crippen molar-refractivity contribution in [1.82, 2.24) is 5.32 Å². The van der Waals surface area contributed by atoms with E-state index in [1.54, 1.807) is 0 Å². The van der Waals surface area contributed by atoms with Crippen LogP contribution in [0.25, 0.3) is 0 Å². The van der Waals surface area contributed by atoms with Crippen LogP contribution in [0.5, 0.6) is 0 Å². The smallest absolute Gasteiger partial charge is 0.123 e. The Hall–Kier alpha value is -0.890. The summed E-state index contributed by atoms with van der Waals surface area (Å²) in [5.41, 5.74) is 1.67. The van der Waals surface area contributed by atoms with Gasteiger partial charge in [-0.15, -0.1) is 0 Å². The zero-order valence-corrected chi connectivity index (χ0v) is 11.5. The third-order valence-electron chi connectivity index (χ3n) is 4.08. The standard InChI is InChI=1S/C16H24FN/c1-16(2)10-3-4-15(9-11-16)18-12-13-5-7-14(17)8-6-13/h5-8,15,18H,3-4,9-12H2,1-2H3. The Morgan fingerprint density at radius 2 is 1.89 bits per heavy atom. The predicted octanol–water partition coefficient (Wildman–Crippen LogP) is 4.27. The van der Waals surface area contributed by atoms with E-state index < -0.39 is 0 Å². The summed E-state index contributed by atoms with van der Waals surface area (Å²) in [6.07, 6.45) is 6.47. The fourth-order valence-electron chi connectivity index (χ4n) is 2.73. The van der Waals surface area contributed by atoms with Crippen molar-refractivity contribution in [2.45, 2.75) is 58.5 Å². The van der Waals surface area contributed by atoms with Gasteiger partial charge in [-0.25, -0.2) is 4.39 Å². The number of rotatable bonds is 3. The van der Waals surface area contributed by atoms with Gasteiger partial charge >= 0.3 is 0 Å². The van der Waals surface area contributed by atoms with Crippen LogP contribution < -0.4 is 5.32 Å². The Balaban J connectivity index is 1.81. The summed E-state index contributed by atoms with van der Waals surface area (Å²) in [5, 5.41) is 3.61. The molecule has 1 N–H and O–H groups in total. The fourth-order valence-corrected chi connectivity index (χ4v) is 2.73. The van der Waals surface area contributed by atoms with Gasteiger partial charge in [-0.2, -0.15) is 0 Å². The highest BCUT2D eigenvalue weighted by molar-refractivity contribution is 5.15. The molecule has 0 spiro atoms. The zero-order chi connectivity index (χ0) is 13.0. The molecule has 0 radical (unpaired) electrons. The summed E-state index contributed by atoms with van der Waals surface area (Å²) in [6.45, 7) is 5.59. The van der Waals surface area contributed by atoms with Gasteiger partial charge < -0.3 is 5.32 Å².